The Kier molecular flexibility index (Phi) is 5.25. The molecule has 2 aromatic heterocycles. The van der Waals surface area contributed by atoms with Crippen LogP contribution < -0.4 is 10.6 Å². The lowest BCUT2D eigenvalue weighted by molar-refractivity contribution is 0.0679. The van der Waals surface area contributed by atoms with Crippen molar-refractivity contribution >= 4 is 44.4 Å². The summed E-state index contributed by atoms with van der Waals surface area (Å²) in [5.74, 6) is 0.0977. The smallest absolute Gasteiger partial charge is 0.261 e. The Morgan fingerprint density at radius 2 is 2.00 bits per heavy atom. The summed E-state index contributed by atoms with van der Waals surface area (Å²) >= 11 is 3.41. The van der Waals surface area contributed by atoms with Crippen LogP contribution in [-0.2, 0) is 0 Å². The molecule has 1 aromatic carbocycles. The van der Waals surface area contributed by atoms with Gasteiger partial charge < -0.3 is 15.2 Å². The van der Waals surface area contributed by atoms with Crippen LogP contribution in [0.5, 0.6) is 0 Å². The van der Waals surface area contributed by atoms with Crippen molar-refractivity contribution in [3.63, 3.8) is 0 Å². The number of hydrogen-bond donors (Lipinski definition) is 2. The number of rotatable bonds is 6. The van der Waals surface area contributed by atoms with Crippen LogP contribution in [0.1, 0.15) is 48.7 Å². The summed E-state index contributed by atoms with van der Waals surface area (Å²) in [6.07, 6.45) is -0.209. The van der Waals surface area contributed by atoms with Gasteiger partial charge in [-0.25, -0.2) is 18.7 Å². The highest BCUT2D eigenvalue weighted by atomic mass is 79.9. The molecule has 0 bridgehead atoms. The van der Waals surface area contributed by atoms with E-state index in [0.29, 0.717) is 40.1 Å². The first-order valence-electron chi connectivity index (χ1n) is 9.71. The Balaban J connectivity index is 1.67. The minimum Gasteiger partial charge on any atom is -0.341 e. The monoisotopic (exact) mass is 477 g/mol. The SMILES string of the molecule is Cc1ccc(Nc2nc(Br)cc3ncn(C(C)C)c23)cc1C(=O)NC1(C(F)F)CC1. The number of carbonyl (C=O) groups is 1. The molecule has 1 aliphatic carbocycles. The van der Waals surface area contributed by atoms with Gasteiger partial charge in [-0.1, -0.05) is 6.07 Å². The van der Waals surface area contributed by atoms with Crippen molar-refractivity contribution in [1.82, 2.24) is 19.9 Å². The number of imidazole rings is 1. The normalized spacial score (nSPS) is 15.1. The Labute approximate surface area is 181 Å². The maximum absolute atomic E-state index is 13.2. The Hall–Kier alpha value is -2.55. The van der Waals surface area contributed by atoms with Crippen molar-refractivity contribution in [1.29, 1.82) is 0 Å². The van der Waals surface area contributed by atoms with Gasteiger partial charge in [-0.15, -0.1) is 0 Å². The van der Waals surface area contributed by atoms with Crippen molar-refractivity contribution in [3.8, 4) is 0 Å². The number of alkyl halides is 2. The number of nitrogens with zero attached hydrogens (tertiary/aromatic N) is 3. The van der Waals surface area contributed by atoms with Crippen LogP contribution in [0.25, 0.3) is 11.0 Å². The number of hydrogen-bond acceptors (Lipinski definition) is 4. The molecule has 0 aliphatic heterocycles. The third kappa shape index (κ3) is 3.78. The lowest BCUT2D eigenvalue weighted by atomic mass is 10.1. The van der Waals surface area contributed by atoms with E-state index >= 15 is 0 Å². The second kappa shape index (κ2) is 7.61. The first-order valence-corrected chi connectivity index (χ1v) is 10.5. The summed E-state index contributed by atoms with van der Waals surface area (Å²) in [6, 6.07) is 7.30. The molecule has 0 saturated heterocycles. The molecule has 0 spiro atoms. The molecule has 6 nitrogen and oxygen atoms in total. The van der Waals surface area contributed by atoms with Crippen LogP contribution in [-0.4, -0.2) is 32.4 Å². The number of aryl methyl sites for hydroxylation is 1. The summed E-state index contributed by atoms with van der Waals surface area (Å²) in [5, 5.41) is 5.78. The van der Waals surface area contributed by atoms with Crippen LogP contribution in [0.4, 0.5) is 20.3 Å². The summed E-state index contributed by atoms with van der Waals surface area (Å²) in [7, 11) is 0. The molecule has 3 aromatic rings. The highest BCUT2D eigenvalue weighted by Crippen LogP contribution is 2.41. The van der Waals surface area contributed by atoms with Crippen molar-refractivity contribution in [2.45, 2.75) is 51.6 Å². The number of fused-ring (bicyclic) bond motifs is 1. The molecule has 2 heterocycles. The fraction of sp³-hybridized carbons (Fsp3) is 0.381. The molecule has 0 radical (unpaired) electrons. The van der Waals surface area contributed by atoms with E-state index in [-0.39, 0.29) is 6.04 Å². The van der Waals surface area contributed by atoms with E-state index in [2.05, 4.69) is 50.4 Å². The predicted molar refractivity (Wildman–Crippen MR) is 116 cm³/mol. The van der Waals surface area contributed by atoms with Crippen LogP contribution in [0.2, 0.25) is 0 Å². The third-order valence-corrected chi connectivity index (χ3v) is 5.80. The fourth-order valence-corrected chi connectivity index (χ4v) is 3.81. The van der Waals surface area contributed by atoms with Gasteiger partial charge in [0.15, 0.2) is 5.82 Å². The van der Waals surface area contributed by atoms with Gasteiger partial charge in [-0.3, -0.25) is 4.79 Å². The van der Waals surface area contributed by atoms with E-state index in [1.807, 2.05) is 16.7 Å². The van der Waals surface area contributed by atoms with E-state index in [1.165, 1.54) is 0 Å². The molecule has 2 N–H and O–H groups in total. The van der Waals surface area contributed by atoms with Crippen molar-refractivity contribution in [2.75, 3.05) is 5.32 Å². The fourth-order valence-electron chi connectivity index (χ4n) is 3.42. The van der Waals surface area contributed by atoms with Gasteiger partial charge in [-0.2, -0.15) is 0 Å². The highest BCUT2D eigenvalue weighted by Gasteiger charge is 2.52. The Bertz CT molecular complexity index is 1120. The molecule has 0 atom stereocenters. The molecule has 1 amide bonds. The minimum atomic E-state index is -2.57. The van der Waals surface area contributed by atoms with Crippen LogP contribution >= 0.6 is 15.9 Å². The van der Waals surface area contributed by atoms with Crippen LogP contribution in [0, 0.1) is 6.92 Å². The third-order valence-electron chi connectivity index (χ3n) is 5.39. The van der Waals surface area contributed by atoms with Gasteiger partial charge in [0.05, 0.1) is 11.8 Å². The largest absolute Gasteiger partial charge is 0.341 e. The molecular weight excluding hydrogens is 456 g/mol. The van der Waals surface area contributed by atoms with E-state index in [4.69, 9.17) is 0 Å². The number of pyridine rings is 1. The first kappa shape index (κ1) is 20.7. The topological polar surface area (TPSA) is 71.8 Å². The van der Waals surface area contributed by atoms with Crippen molar-refractivity contribution in [2.24, 2.45) is 0 Å². The molecular formula is C21H22BrF2N5O. The summed E-state index contributed by atoms with van der Waals surface area (Å²) in [6.45, 7) is 5.89. The van der Waals surface area contributed by atoms with Gasteiger partial charge in [-0.05, 0) is 73.3 Å². The molecule has 9 heteroatoms. The Morgan fingerprint density at radius 3 is 2.63 bits per heavy atom. The van der Waals surface area contributed by atoms with Crippen molar-refractivity contribution in [3.05, 3.63) is 46.3 Å². The van der Waals surface area contributed by atoms with Gasteiger partial charge >= 0.3 is 0 Å². The molecule has 1 aliphatic rings. The van der Waals surface area contributed by atoms with Gasteiger partial charge in [0, 0.05) is 17.3 Å². The number of aromatic nitrogens is 3. The average molecular weight is 478 g/mol. The van der Waals surface area contributed by atoms with Gasteiger partial charge in [0.2, 0.25) is 0 Å². The van der Waals surface area contributed by atoms with E-state index < -0.39 is 17.9 Å². The maximum Gasteiger partial charge on any atom is 0.261 e. The standard InChI is InChI=1S/C21H22BrF2N5O/c1-11(2)29-10-25-15-9-16(22)27-18(17(15)29)26-13-5-4-12(3)14(8-13)19(30)28-21(6-7-21)20(23)24/h4-5,8-11,20H,6-7H2,1-3H3,(H,26,27)(H,28,30). The number of benzene rings is 1. The number of carbonyl (C=O) groups excluding carboxylic acids is 1. The van der Waals surface area contributed by atoms with E-state index in [0.717, 1.165) is 11.0 Å². The lowest BCUT2D eigenvalue weighted by Gasteiger charge is -2.18. The quantitative estimate of drug-likeness (QED) is 0.469. The second-order valence-electron chi connectivity index (χ2n) is 7.97. The average Bonchev–Trinajstić information content (AvgIpc) is 3.33. The second-order valence-corrected chi connectivity index (χ2v) is 8.79. The number of nitrogens with one attached hydrogen (secondary N) is 2. The van der Waals surface area contributed by atoms with Crippen LogP contribution in [0.15, 0.2) is 35.2 Å². The van der Waals surface area contributed by atoms with Crippen LogP contribution in [0.3, 0.4) is 0 Å². The zero-order valence-electron chi connectivity index (χ0n) is 16.8. The molecule has 0 unspecified atom stereocenters. The number of amides is 1. The van der Waals surface area contributed by atoms with E-state index in [9.17, 15) is 13.6 Å². The molecule has 158 valence electrons. The summed E-state index contributed by atoms with van der Waals surface area (Å²) < 4.78 is 29.1. The molecule has 30 heavy (non-hydrogen) atoms. The maximum atomic E-state index is 13.2. The Morgan fingerprint density at radius 1 is 1.27 bits per heavy atom. The zero-order valence-corrected chi connectivity index (χ0v) is 18.4. The lowest BCUT2D eigenvalue weighted by Crippen LogP contribution is -2.42. The molecule has 4 rings (SSSR count). The van der Waals surface area contributed by atoms with Gasteiger partial charge in [0.25, 0.3) is 12.3 Å². The van der Waals surface area contributed by atoms with Crippen molar-refractivity contribution < 1.29 is 13.6 Å². The van der Waals surface area contributed by atoms with E-state index in [1.54, 1.807) is 25.4 Å². The number of anilines is 2. The summed E-state index contributed by atoms with van der Waals surface area (Å²) in [4.78, 5) is 21.7. The number of halogens is 3. The summed E-state index contributed by atoms with van der Waals surface area (Å²) in [5.41, 5.74) is 1.95. The minimum absolute atomic E-state index is 0.182. The highest BCUT2D eigenvalue weighted by molar-refractivity contribution is 9.10. The molecule has 1 saturated carbocycles. The molecule has 1 fully saturated rings. The predicted octanol–water partition coefficient (Wildman–Crippen LogP) is 5.35. The first-order chi connectivity index (χ1) is 14.2. The van der Waals surface area contributed by atoms with Gasteiger partial charge in [0.1, 0.15) is 15.7 Å². The zero-order chi connectivity index (χ0) is 21.6.